The van der Waals surface area contributed by atoms with Crippen molar-refractivity contribution in [2.45, 2.75) is 19.6 Å². The molecule has 0 aliphatic rings. The summed E-state index contributed by atoms with van der Waals surface area (Å²) < 4.78 is 5.31. The number of thiophene rings is 1. The van der Waals surface area contributed by atoms with Gasteiger partial charge in [-0.3, -0.25) is 0 Å². The minimum Gasteiger partial charge on any atom is -0.355 e. The van der Waals surface area contributed by atoms with Gasteiger partial charge in [-0.25, -0.2) is 0 Å². The molecule has 2 rings (SSSR count). The molecule has 0 spiro atoms. The Morgan fingerprint density at radius 1 is 1.50 bits per heavy atom. The van der Waals surface area contributed by atoms with Crippen molar-refractivity contribution < 1.29 is 4.52 Å². The van der Waals surface area contributed by atoms with Crippen LogP contribution in [0.3, 0.4) is 0 Å². The second-order valence-electron chi connectivity index (χ2n) is 4.07. The Morgan fingerprint density at radius 3 is 3.06 bits per heavy atom. The molecule has 0 unspecified atom stereocenters. The summed E-state index contributed by atoms with van der Waals surface area (Å²) >= 11 is 3.58. The first-order chi connectivity index (χ1) is 7.75. The number of hydrogen-bond donors (Lipinski definition) is 0. The van der Waals surface area contributed by atoms with Crippen molar-refractivity contribution in [1.82, 2.24) is 5.16 Å². The van der Waals surface area contributed by atoms with E-state index in [0.717, 1.165) is 28.0 Å². The Bertz CT molecular complexity index is 420. The summed E-state index contributed by atoms with van der Waals surface area (Å²) in [4.78, 5) is 1.15. The fourth-order valence-electron chi connectivity index (χ4n) is 1.31. The van der Waals surface area contributed by atoms with Crippen molar-refractivity contribution in [3.05, 3.63) is 29.3 Å². The summed E-state index contributed by atoms with van der Waals surface area (Å²) in [7, 11) is 0. The van der Waals surface area contributed by atoms with Gasteiger partial charge in [0.25, 0.3) is 0 Å². The molecule has 0 bridgehead atoms. The summed E-state index contributed by atoms with van der Waals surface area (Å²) in [6.07, 6.45) is 0. The van der Waals surface area contributed by atoms with Crippen LogP contribution in [-0.2, 0) is 5.75 Å². The van der Waals surface area contributed by atoms with Gasteiger partial charge in [-0.1, -0.05) is 25.1 Å². The van der Waals surface area contributed by atoms with Crippen LogP contribution < -0.4 is 0 Å². The summed E-state index contributed by atoms with van der Waals surface area (Å²) in [5, 5.41) is 6.13. The van der Waals surface area contributed by atoms with E-state index in [-0.39, 0.29) is 0 Å². The summed E-state index contributed by atoms with van der Waals surface area (Å²) in [6.45, 7) is 4.46. The van der Waals surface area contributed by atoms with Gasteiger partial charge >= 0.3 is 0 Å². The molecule has 2 aromatic heterocycles. The van der Waals surface area contributed by atoms with Gasteiger partial charge in [0.05, 0.1) is 10.6 Å². The van der Waals surface area contributed by atoms with Crippen molar-refractivity contribution >= 4 is 23.1 Å². The molecule has 0 aromatic carbocycles. The lowest BCUT2D eigenvalue weighted by molar-refractivity contribution is 0.427. The average Bonchev–Trinajstić information content (AvgIpc) is 2.85. The third-order valence-corrected chi connectivity index (χ3v) is 4.31. The van der Waals surface area contributed by atoms with Gasteiger partial charge in [-0.15, -0.1) is 11.3 Å². The van der Waals surface area contributed by atoms with E-state index in [2.05, 4.69) is 25.1 Å². The third-order valence-electron chi connectivity index (χ3n) is 2.02. The largest absolute Gasteiger partial charge is 0.355 e. The first-order valence-electron chi connectivity index (χ1n) is 5.33. The predicted molar refractivity (Wildman–Crippen MR) is 70.8 cm³/mol. The molecule has 0 N–H and O–H groups in total. The number of thioether (sulfide) groups is 1. The fourth-order valence-corrected chi connectivity index (χ4v) is 2.92. The molecule has 0 aliphatic heterocycles. The van der Waals surface area contributed by atoms with Crippen LogP contribution in [0, 0.1) is 5.92 Å². The highest BCUT2D eigenvalue weighted by molar-refractivity contribution is 7.98. The maximum Gasteiger partial charge on any atom is 0.177 e. The minimum absolute atomic E-state index is 0.730. The second kappa shape index (κ2) is 5.55. The summed E-state index contributed by atoms with van der Waals surface area (Å²) in [6, 6.07) is 6.12. The SMILES string of the molecule is CC(C)CSCc1cc(-c2cccs2)on1. The molecule has 0 aliphatic carbocycles. The van der Waals surface area contributed by atoms with E-state index in [1.165, 1.54) is 5.75 Å². The minimum atomic E-state index is 0.730. The topological polar surface area (TPSA) is 26.0 Å². The Balaban J connectivity index is 1.93. The van der Waals surface area contributed by atoms with E-state index in [1.807, 2.05) is 29.3 Å². The van der Waals surface area contributed by atoms with E-state index in [9.17, 15) is 0 Å². The van der Waals surface area contributed by atoms with Gasteiger partial charge in [-0.2, -0.15) is 11.8 Å². The molecule has 0 fully saturated rings. The van der Waals surface area contributed by atoms with Crippen molar-refractivity contribution in [2.24, 2.45) is 5.92 Å². The lowest BCUT2D eigenvalue weighted by Gasteiger charge is -2.00. The number of hydrogen-bond acceptors (Lipinski definition) is 4. The van der Waals surface area contributed by atoms with Crippen LogP contribution in [-0.4, -0.2) is 10.9 Å². The third kappa shape index (κ3) is 3.12. The zero-order valence-electron chi connectivity index (χ0n) is 9.47. The van der Waals surface area contributed by atoms with E-state index in [4.69, 9.17) is 4.52 Å². The summed E-state index contributed by atoms with van der Waals surface area (Å²) in [5.41, 5.74) is 1.04. The van der Waals surface area contributed by atoms with Crippen molar-refractivity contribution in [3.8, 4) is 10.6 Å². The standard InChI is InChI=1S/C12H15NOS2/c1-9(2)7-15-8-10-6-11(14-13-10)12-4-3-5-16-12/h3-6,9H,7-8H2,1-2H3. The number of nitrogens with zero attached hydrogens (tertiary/aromatic N) is 1. The Kier molecular flexibility index (Phi) is 4.07. The molecule has 0 atom stereocenters. The monoisotopic (exact) mass is 253 g/mol. The molecule has 4 heteroatoms. The van der Waals surface area contributed by atoms with Gasteiger partial charge in [0, 0.05) is 11.8 Å². The molecule has 2 aromatic rings. The smallest absolute Gasteiger partial charge is 0.177 e. The van der Waals surface area contributed by atoms with Crippen LogP contribution in [0.5, 0.6) is 0 Å². The van der Waals surface area contributed by atoms with Gasteiger partial charge in [0.15, 0.2) is 5.76 Å². The van der Waals surface area contributed by atoms with E-state index in [0.29, 0.717) is 0 Å². The first kappa shape index (κ1) is 11.7. The highest BCUT2D eigenvalue weighted by Gasteiger charge is 2.07. The average molecular weight is 253 g/mol. The van der Waals surface area contributed by atoms with Crippen LogP contribution in [0.1, 0.15) is 19.5 Å². The van der Waals surface area contributed by atoms with E-state index in [1.54, 1.807) is 11.3 Å². The Morgan fingerprint density at radius 2 is 2.38 bits per heavy atom. The van der Waals surface area contributed by atoms with Crippen molar-refractivity contribution in [2.75, 3.05) is 5.75 Å². The zero-order chi connectivity index (χ0) is 11.4. The van der Waals surface area contributed by atoms with Crippen LogP contribution in [0.25, 0.3) is 10.6 Å². The maximum absolute atomic E-state index is 5.31. The molecule has 86 valence electrons. The lowest BCUT2D eigenvalue weighted by atomic mass is 10.3. The van der Waals surface area contributed by atoms with E-state index < -0.39 is 0 Å². The molecule has 0 radical (unpaired) electrons. The molecule has 0 amide bonds. The van der Waals surface area contributed by atoms with Gasteiger partial charge in [0.1, 0.15) is 0 Å². The zero-order valence-corrected chi connectivity index (χ0v) is 11.1. The van der Waals surface area contributed by atoms with Gasteiger partial charge in [0.2, 0.25) is 0 Å². The predicted octanol–water partition coefficient (Wildman–Crippen LogP) is 4.29. The quantitative estimate of drug-likeness (QED) is 0.795. The highest BCUT2D eigenvalue weighted by atomic mass is 32.2. The van der Waals surface area contributed by atoms with Gasteiger partial charge in [-0.05, 0) is 23.1 Å². The Labute approximate surface area is 104 Å². The summed E-state index contributed by atoms with van der Waals surface area (Å²) in [5.74, 6) is 3.72. The molecule has 2 nitrogen and oxygen atoms in total. The molecule has 0 saturated heterocycles. The number of aromatic nitrogens is 1. The lowest BCUT2D eigenvalue weighted by Crippen LogP contribution is -1.91. The van der Waals surface area contributed by atoms with E-state index >= 15 is 0 Å². The van der Waals surface area contributed by atoms with Gasteiger partial charge < -0.3 is 4.52 Å². The number of rotatable bonds is 5. The maximum atomic E-state index is 5.31. The molecular weight excluding hydrogens is 238 g/mol. The highest BCUT2D eigenvalue weighted by Crippen LogP contribution is 2.26. The van der Waals surface area contributed by atoms with Crippen molar-refractivity contribution in [1.29, 1.82) is 0 Å². The molecular formula is C12H15NOS2. The molecule has 2 heterocycles. The second-order valence-corrected chi connectivity index (χ2v) is 6.05. The van der Waals surface area contributed by atoms with Crippen LogP contribution in [0.2, 0.25) is 0 Å². The molecule has 16 heavy (non-hydrogen) atoms. The fraction of sp³-hybridized carbons (Fsp3) is 0.417. The van der Waals surface area contributed by atoms with Crippen molar-refractivity contribution in [3.63, 3.8) is 0 Å². The molecule has 0 saturated carbocycles. The first-order valence-corrected chi connectivity index (χ1v) is 7.36. The van der Waals surface area contributed by atoms with Crippen LogP contribution in [0.4, 0.5) is 0 Å². The Hall–Kier alpha value is -0.740. The van der Waals surface area contributed by atoms with Crippen LogP contribution >= 0.6 is 23.1 Å². The normalized spacial score (nSPS) is 11.2. The van der Waals surface area contributed by atoms with Crippen LogP contribution in [0.15, 0.2) is 28.1 Å².